The molecule has 3 rings (SSSR count). The van der Waals surface area contributed by atoms with E-state index in [9.17, 15) is 0 Å². The second kappa shape index (κ2) is 5.52. The summed E-state index contributed by atoms with van der Waals surface area (Å²) in [5, 5.41) is 7.52. The third-order valence-electron chi connectivity index (χ3n) is 4.66. The monoisotopic (exact) mass is 279 g/mol. The van der Waals surface area contributed by atoms with Crippen molar-refractivity contribution in [2.45, 2.75) is 51.9 Å². The molecule has 1 aliphatic carbocycles. The zero-order chi connectivity index (χ0) is 14.1. The minimum atomic E-state index is 0.371. The Morgan fingerprint density at radius 2 is 2.20 bits per heavy atom. The molecule has 6 nitrogen and oxygen atoms in total. The van der Waals surface area contributed by atoms with Crippen LogP contribution in [0.4, 0.5) is 0 Å². The van der Waals surface area contributed by atoms with E-state index in [4.69, 9.17) is 9.26 Å². The Labute approximate surface area is 119 Å². The van der Waals surface area contributed by atoms with Crippen molar-refractivity contribution in [1.29, 1.82) is 0 Å². The Morgan fingerprint density at radius 3 is 3.00 bits per heavy atom. The first-order valence-corrected chi connectivity index (χ1v) is 7.33. The van der Waals surface area contributed by atoms with E-state index in [0.717, 1.165) is 17.7 Å². The normalized spacial score (nSPS) is 32.6. The van der Waals surface area contributed by atoms with Crippen LogP contribution in [0.3, 0.4) is 0 Å². The Bertz CT molecular complexity index is 499. The number of hydrogen-bond donors (Lipinski definition) is 1. The molecule has 2 heterocycles. The minimum absolute atomic E-state index is 0.371. The van der Waals surface area contributed by atoms with Gasteiger partial charge in [0.25, 0.3) is 5.89 Å². The van der Waals surface area contributed by atoms with Crippen LogP contribution in [0.2, 0.25) is 0 Å². The highest BCUT2D eigenvalue weighted by molar-refractivity contribution is 5.51. The molecule has 4 unspecified atom stereocenters. The molecular formula is C14H23N4O2+. The van der Waals surface area contributed by atoms with Crippen molar-refractivity contribution in [3.63, 3.8) is 0 Å². The van der Waals surface area contributed by atoms with Gasteiger partial charge in [0.05, 0.1) is 0 Å². The standard InChI is InChI=1S/C14H22N4O2/c1-9-4-11-12(5-10(9)2)18(8-15-11)6-13-16-14(7-19-3)20-17-13/h8-12H,4-7H2,1-3H3/p+1. The molecule has 0 radical (unpaired) electrons. The first-order chi connectivity index (χ1) is 9.67. The number of methoxy groups -OCH3 is 1. The van der Waals surface area contributed by atoms with Crippen molar-refractivity contribution in [3.05, 3.63) is 11.7 Å². The van der Waals surface area contributed by atoms with Crippen LogP contribution in [0.5, 0.6) is 0 Å². The van der Waals surface area contributed by atoms with E-state index in [2.05, 4.69) is 40.2 Å². The zero-order valence-corrected chi connectivity index (χ0v) is 12.4. The van der Waals surface area contributed by atoms with Gasteiger partial charge in [-0.25, -0.2) is 0 Å². The molecule has 1 aromatic heterocycles. The highest BCUT2D eigenvalue weighted by atomic mass is 16.5. The Balaban J connectivity index is 1.65. The number of nitrogens with zero attached hydrogens (tertiary/aromatic N) is 3. The van der Waals surface area contributed by atoms with Crippen LogP contribution in [0.15, 0.2) is 4.52 Å². The van der Waals surface area contributed by atoms with Gasteiger partial charge in [-0.15, -0.1) is 0 Å². The number of ether oxygens (including phenoxy) is 1. The van der Waals surface area contributed by atoms with Gasteiger partial charge in [0.1, 0.15) is 25.2 Å². The molecule has 4 atom stereocenters. The smallest absolute Gasteiger partial charge is 0.252 e. The third kappa shape index (κ3) is 2.57. The zero-order valence-electron chi connectivity index (χ0n) is 12.4. The van der Waals surface area contributed by atoms with Gasteiger partial charge in [-0.1, -0.05) is 19.0 Å². The van der Waals surface area contributed by atoms with E-state index in [1.165, 1.54) is 12.8 Å². The molecule has 1 aliphatic heterocycles. The molecule has 0 saturated heterocycles. The van der Waals surface area contributed by atoms with Crippen LogP contribution in [0, 0.1) is 11.8 Å². The van der Waals surface area contributed by atoms with Crippen LogP contribution in [0.1, 0.15) is 38.4 Å². The Hall–Kier alpha value is -1.43. The number of hydrogen-bond acceptors (Lipinski definition) is 5. The Morgan fingerprint density at radius 1 is 1.40 bits per heavy atom. The minimum Gasteiger partial charge on any atom is -0.375 e. The molecule has 110 valence electrons. The van der Waals surface area contributed by atoms with E-state index in [-0.39, 0.29) is 0 Å². The van der Waals surface area contributed by atoms with Crippen LogP contribution in [0.25, 0.3) is 0 Å². The number of nitrogens with one attached hydrogen (secondary N) is 1. The summed E-state index contributed by atoms with van der Waals surface area (Å²) in [6, 6.07) is 1.11. The molecular weight excluding hydrogens is 256 g/mol. The predicted molar refractivity (Wildman–Crippen MR) is 73.3 cm³/mol. The van der Waals surface area contributed by atoms with Crippen LogP contribution < -0.4 is 5.32 Å². The summed E-state index contributed by atoms with van der Waals surface area (Å²) in [4.78, 5) is 4.34. The molecule has 1 saturated carbocycles. The van der Waals surface area contributed by atoms with E-state index in [1.54, 1.807) is 7.11 Å². The molecule has 0 bridgehead atoms. The summed E-state index contributed by atoms with van der Waals surface area (Å²) >= 11 is 0. The largest absolute Gasteiger partial charge is 0.375 e. The highest BCUT2D eigenvalue weighted by Crippen LogP contribution is 2.32. The molecule has 6 heteroatoms. The average Bonchev–Trinajstić information content (AvgIpc) is 3.00. The van der Waals surface area contributed by atoms with Crippen molar-refractivity contribution >= 4 is 6.34 Å². The second-order valence-electron chi connectivity index (χ2n) is 6.11. The van der Waals surface area contributed by atoms with Gasteiger partial charge >= 0.3 is 0 Å². The molecule has 0 amide bonds. The van der Waals surface area contributed by atoms with Crippen molar-refractivity contribution in [2.24, 2.45) is 11.8 Å². The second-order valence-corrected chi connectivity index (χ2v) is 6.11. The summed E-state index contributed by atoms with van der Waals surface area (Å²) in [6.45, 7) is 5.77. The summed E-state index contributed by atoms with van der Waals surface area (Å²) in [5.74, 6) is 2.82. The molecule has 2 aliphatic rings. The maximum atomic E-state index is 5.14. The van der Waals surface area contributed by atoms with Gasteiger partial charge in [0, 0.05) is 7.11 Å². The summed E-state index contributed by atoms with van der Waals surface area (Å²) in [6.07, 6.45) is 4.55. The number of rotatable bonds is 4. The van der Waals surface area contributed by atoms with Gasteiger partial charge < -0.3 is 9.26 Å². The lowest BCUT2D eigenvalue weighted by Gasteiger charge is -2.32. The topological polar surface area (TPSA) is 63.2 Å². The van der Waals surface area contributed by atoms with Crippen LogP contribution in [-0.4, -0.2) is 40.2 Å². The lowest BCUT2D eigenvalue weighted by molar-refractivity contribution is -0.576. The Kier molecular flexibility index (Phi) is 3.74. The fraction of sp³-hybridized carbons (Fsp3) is 0.786. The first kappa shape index (κ1) is 13.5. The maximum absolute atomic E-state index is 5.14. The van der Waals surface area contributed by atoms with Gasteiger partial charge in [-0.2, -0.15) is 4.98 Å². The molecule has 0 spiro atoms. The highest BCUT2D eigenvalue weighted by Gasteiger charge is 2.42. The number of aromatic nitrogens is 2. The van der Waals surface area contributed by atoms with E-state index < -0.39 is 0 Å². The fourth-order valence-electron chi connectivity index (χ4n) is 3.26. The summed E-state index contributed by atoms with van der Waals surface area (Å²) < 4.78 is 12.4. The fourth-order valence-corrected chi connectivity index (χ4v) is 3.26. The van der Waals surface area contributed by atoms with Gasteiger partial charge in [-0.3, -0.25) is 9.89 Å². The molecule has 20 heavy (non-hydrogen) atoms. The molecule has 1 aromatic rings. The van der Waals surface area contributed by atoms with Crippen LogP contribution in [-0.2, 0) is 17.9 Å². The lowest BCUT2D eigenvalue weighted by atomic mass is 9.76. The molecule has 0 aromatic carbocycles. The van der Waals surface area contributed by atoms with E-state index >= 15 is 0 Å². The summed E-state index contributed by atoms with van der Waals surface area (Å²) in [7, 11) is 1.62. The van der Waals surface area contributed by atoms with Crippen molar-refractivity contribution in [2.75, 3.05) is 7.11 Å². The average molecular weight is 279 g/mol. The lowest BCUT2D eigenvalue weighted by Crippen LogP contribution is -2.44. The van der Waals surface area contributed by atoms with Gasteiger partial charge in [-0.05, 0) is 24.7 Å². The quantitative estimate of drug-likeness (QED) is 0.838. The van der Waals surface area contributed by atoms with Crippen molar-refractivity contribution < 1.29 is 13.8 Å². The van der Waals surface area contributed by atoms with Gasteiger partial charge in [0.2, 0.25) is 12.2 Å². The van der Waals surface area contributed by atoms with Crippen molar-refractivity contribution in [3.8, 4) is 0 Å². The van der Waals surface area contributed by atoms with E-state index in [0.29, 0.717) is 31.1 Å². The van der Waals surface area contributed by atoms with Crippen LogP contribution >= 0.6 is 0 Å². The van der Waals surface area contributed by atoms with Crippen molar-refractivity contribution in [1.82, 2.24) is 15.5 Å². The van der Waals surface area contributed by atoms with Gasteiger partial charge in [0.15, 0.2) is 0 Å². The molecule has 1 N–H and O–H groups in total. The summed E-state index contributed by atoms with van der Waals surface area (Å²) in [5.41, 5.74) is 0. The third-order valence-corrected chi connectivity index (χ3v) is 4.66. The number of fused-ring (bicyclic) bond motifs is 1. The van der Waals surface area contributed by atoms with E-state index in [1.807, 2.05) is 0 Å². The molecule has 1 fully saturated rings. The maximum Gasteiger partial charge on any atom is 0.252 e. The predicted octanol–water partition coefficient (Wildman–Crippen LogP) is 1.16. The first-order valence-electron chi connectivity index (χ1n) is 7.33. The SMILES string of the molecule is COCc1nc(C[N+]2=CNC3CC(C)C(C)CC32)no1.